The highest BCUT2D eigenvalue weighted by Crippen LogP contribution is 2.44. The van der Waals surface area contributed by atoms with Gasteiger partial charge in [-0.2, -0.15) is 0 Å². The van der Waals surface area contributed by atoms with Crippen LogP contribution in [0.25, 0.3) is 0 Å². The van der Waals surface area contributed by atoms with Gasteiger partial charge in [0.2, 0.25) is 5.95 Å². The van der Waals surface area contributed by atoms with Gasteiger partial charge in [-0.05, 0) is 68.5 Å². The largest absolute Gasteiger partial charge is 0.490 e. The van der Waals surface area contributed by atoms with Crippen LogP contribution in [-0.2, 0) is 5.41 Å². The van der Waals surface area contributed by atoms with E-state index >= 15 is 0 Å². The maximum absolute atomic E-state index is 14.4. The Labute approximate surface area is 233 Å². The standard InChI is InChI=1S/C27H35F2N7O2.ClH/c1-16(2)21-12-30-8-6-27(21,25-15-33-36-38-25)7-9-37-24-14-32-26(34-17(24)3)35-23-13-31-11-20(23)19-10-18(28)4-5-22(19)29;/h4-5,10,14-16,20-21,23,30-31H,6-9,11-13H2,1-3H3,(H,32,34,35);1H/t20-,21?,23+,27+;/m1./s1. The molecule has 4 heterocycles. The SMILES string of the molecule is Cc1nc(N[C@H]2CNC[C@@H]2c2cc(F)ccc2F)ncc1OCC[C@@]1(c2cnno2)CCNCC1C(C)C.Cl. The van der Waals surface area contributed by atoms with E-state index in [1.807, 2.05) is 6.92 Å². The Morgan fingerprint density at radius 2 is 2.03 bits per heavy atom. The molecule has 0 radical (unpaired) electrons. The zero-order chi connectivity index (χ0) is 26.7. The fraction of sp³-hybridized carbons (Fsp3) is 0.556. The first-order valence-electron chi connectivity index (χ1n) is 13.2. The fourth-order valence-corrected chi connectivity index (χ4v) is 6.08. The van der Waals surface area contributed by atoms with Crippen molar-refractivity contribution in [1.29, 1.82) is 0 Å². The Balaban J connectivity index is 0.00000353. The maximum Gasteiger partial charge on any atom is 0.223 e. The number of halogens is 3. The minimum Gasteiger partial charge on any atom is -0.490 e. The third-order valence-corrected chi connectivity index (χ3v) is 8.10. The van der Waals surface area contributed by atoms with Crippen LogP contribution < -0.4 is 20.7 Å². The van der Waals surface area contributed by atoms with Crippen LogP contribution in [0.1, 0.15) is 49.6 Å². The average Bonchev–Trinajstić information content (AvgIpc) is 3.60. The number of aromatic nitrogens is 4. The normalized spacial score (nSPS) is 24.9. The zero-order valence-electron chi connectivity index (χ0n) is 22.4. The molecule has 2 aliphatic rings. The summed E-state index contributed by atoms with van der Waals surface area (Å²) >= 11 is 0. The fourth-order valence-electron chi connectivity index (χ4n) is 6.08. The lowest BCUT2D eigenvalue weighted by Crippen LogP contribution is -2.50. The molecule has 12 heteroatoms. The molecule has 39 heavy (non-hydrogen) atoms. The molecule has 0 spiro atoms. The maximum atomic E-state index is 14.4. The molecule has 2 saturated heterocycles. The number of aryl methyl sites for hydroxylation is 1. The predicted molar refractivity (Wildman–Crippen MR) is 145 cm³/mol. The van der Waals surface area contributed by atoms with E-state index in [2.05, 4.69) is 50.1 Å². The Hall–Kier alpha value is -2.89. The second-order valence-corrected chi connectivity index (χ2v) is 10.7. The van der Waals surface area contributed by atoms with Gasteiger partial charge in [-0.15, -0.1) is 17.5 Å². The number of nitrogens with zero attached hydrogens (tertiary/aromatic N) is 4. The van der Waals surface area contributed by atoms with Crippen LogP contribution in [0.5, 0.6) is 5.75 Å². The number of anilines is 1. The molecular weight excluding hydrogens is 528 g/mol. The molecule has 212 valence electrons. The molecule has 5 rings (SSSR count). The summed E-state index contributed by atoms with van der Waals surface area (Å²) in [7, 11) is 0. The molecular formula is C27H36ClF2N7O2. The van der Waals surface area contributed by atoms with Gasteiger partial charge in [0.05, 0.1) is 24.7 Å². The van der Waals surface area contributed by atoms with Crippen molar-refractivity contribution in [3.63, 3.8) is 0 Å². The van der Waals surface area contributed by atoms with E-state index in [0.717, 1.165) is 37.8 Å². The van der Waals surface area contributed by atoms with E-state index in [4.69, 9.17) is 9.26 Å². The number of rotatable bonds is 9. The Morgan fingerprint density at radius 3 is 2.77 bits per heavy atom. The van der Waals surface area contributed by atoms with Gasteiger partial charge in [0.15, 0.2) is 11.5 Å². The molecule has 2 aliphatic heterocycles. The van der Waals surface area contributed by atoms with Crippen molar-refractivity contribution < 1.29 is 18.0 Å². The molecule has 2 aromatic heterocycles. The van der Waals surface area contributed by atoms with Gasteiger partial charge in [0, 0.05) is 35.7 Å². The molecule has 3 aromatic rings. The van der Waals surface area contributed by atoms with Crippen LogP contribution in [0, 0.1) is 30.4 Å². The highest BCUT2D eigenvalue weighted by Gasteiger charge is 2.46. The summed E-state index contributed by atoms with van der Waals surface area (Å²) in [5.41, 5.74) is 0.830. The van der Waals surface area contributed by atoms with E-state index in [-0.39, 0.29) is 29.8 Å². The van der Waals surface area contributed by atoms with Gasteiger partial charge in [0.1, 0.15) is 11.6 Å². The molecule has 9 nitrogen and oxygen atoms in total. The molecule has 1 unspecified atom stereocenters. The van der Waals surface area contributed by atoms with Crippen LogP contribution in [0.2, 0.25) is 0 Å². The van der Waals surface area contributed by atoms with Crippen LogP contribution in [0.3, 0.4) is 0 Å². The molecule has 0 aliphatic carbocycles. The van der Waals surface area contributed by atoms with Gasteiger partial charge in [0.25, 0.3) is 0 Å². The first-order valence-corrected chi connectivity index (χ1v) is 13.2. The summed E-state index contributed by atoms with van der Waals surface area (Å²) in [4.78, 5) is 9.04. The molecule has 3 N–H and O–H groups in total. The monoisotopic (exact) mass is 563 g/mol. The van der Waals surface area contributed by atoms with E-state index in [1.54, 1.807) is 12.4 Å². The van der Waals surface area contributed by atoms with Crippen LogP contribution >= 0.6 is 12.4 Å². The van der Waals surface area contributed by atoms with Crippen molar-refractivity contribution in [3.05, 3.63) is 59.2 Å². The van der Waals surface area contributed by atoms with Crippen LogP contribution in [-0.4, -0.2) is 59.2 Å². The van der Waals surface area contributed by atoms with Crippen molar-refractivity contribution in [2.75, 3.05) is 38.1 Å². The Bertz CT molecular complexity index is 1230. The number of hydrogen-bond acceptors (Lipinski definition) is 9. The predicted octanol–water partition coefficient (Wildman–Crippen LogP) is 4.01. The average molecular weight is 564 g/mol. The number of nitrogens with one attached hydrogen (secondary N) is 3. The summed E-state index contributed by atoms with van der Waals surface area (Å²) in [6.45, 7) is 9.71. The first-order chi connectivity index (χ1) is 18.4. The van der Waals surface area contributed by atoms with E-state index in [1.165, 1.54) is 12.1 Å². The number of hydrogen-bond donors (Lipinski definition) is 3. The molecule has 2 fully saturated rings. The summed E-state index contributed by atoms with van der Waals surface area (Å²) < 4.78 is 39.9. The highest BCUT2D eigenvalue weighted by molar-refractivity contribution is 5.85. The lowest BCUT2D eigenvalue weighted by Gasteiger charge is -2.44. The minimum absolute atomic E-state index is 0. The summed E-state index contributed by atoms with van der Waals surface area (Å²) in [5, 5.41) is 17.7. The molecule has 0 amide bonds. The molecule has 0 bridgehead atoms. The topological polar surface area (TPSA) is 110 Å². The third kappa shape index (κ3) is 6.15. The lowest BCUT2D eigenvalue weighted by molar-refractivity contribution is 0.0900. The van der Waals surface area contributed by atoms with Gasteiger partial charge in [-0.1, -0.05) is 13.8 Å². The van der Waals surface area contributed by atoms with Crippen LogP contribution in [0.15, 0.2) is 35.1 Å². The minimum atomic E-state index is -0.453. The summed E-state index contributed by atoms with van der Waals surface area (Å²) in [6.07, 6.45) is 5.06. The van der Waals surface area contributed by atoms with Gasteiger partial charge >= 0.3 is 0 Å². The van der Waals surface area contributed by atoms with Crippen molar-refractivity contribution in [2.24, 2.45) is 11.8 Å². The van der Waals surface area contributed by atoms with Crippen molar-refractivity contribution in [3.8, 4) is 5.75 Å². The van der Waals surface area contributed by atoms with E-state index < -0.39 is 11.6 Å². The van der Waals surface area contributed by atoms with Gasteiger partial charge in [-0.3, -0.25) is 0 Å². The Kier molecular flexibility index (Phi) is 9.35. The third-order valence-electron chi connectivity index (χ3n) is 8.10. The van der Waals surface area contributed by atoms with Gasteiger partial charge in [-0.25, -0.2) is 18.7 Å². The molecule has 4 atom stereocenters. The number of ether oxygens (including phenoxy) is 1. The number of benzene rings is 1. The smallest absolute Gasteiger partial charge is 0.223 e. The van der Waals surface area contributed by atoms with Crippen molar-refractivity contribution >= 4 is 18.4 Å². The first kappa shape index (κ1) is 29.1. The van der Waals surface area contributed by atoms with Crippen molar-refractivity contribution in [1.82, 2.24) is 31.0 Å². The molecule has 0 saturated carbocycles. The second-order valence-electron chi connectivity index (χ2n) is 10.7. The zero-order valence-corrected chi connectivity index (χ0v) is 23.2. The highest BCUT2D eigenvalue weighted by atomic mass is 35.5. The van der Waals surface area contributed by atoms with E-state index in [9.17, 15) is 8.78 Å². The summed E-state index contributed by atoms with van der Waals surface area (Å²) in [6, 6.07) is 3.38. The van der Waals surface area contributed by atoms with Crippen LogP contribution in [0.4, 0.5) is 14.7 Å². The number of piperidine rings is 1. The molecule has 1 aromatic carbocycles. The summed E-state index contributed by atoms with van der Waals surface area (Å²) in [5.74, 6) is 1.52. The van der Waals surface area contributed by atoms with E-state index in [0.29, 0.717) is 54.5 Å². The quantitative estimate of drug-likeness (QED) is 0.356. The Morgan fingerprint density at radius 1 is 1.18 bits per heavy atom. The van der Waals surface area contributed by atoms with Gasteiger partial charge < -0.3 is 25.2 Å². The lowest BCUT2D eigenvalue weighted by atomic mass is 9.63. The second kappa shape index (κ2) is 12.5. The van der Waals surface area contributed by atoms with Crippen molar-refractivity contribution in [2.45, 2.75) is 51.0 Å².